The van der Waals surface area contributed by atoms with Gasteiger partial charge >= 0.3 is 0 Å². The summed E-state index contributed by atoms with van der Waals surface area (Å²) in [5.74, 6) is -2.54. The molecule has 0 heterocycles. The minimum Gasteiger partial charge on any atom is -0.396 e. The van der Waals surface area contributed by atoms with Crippen LogP contribution in [-0.2, 0) is 0 Å². The summed E-state index contributed by atoms with van der Waals surface area (Å²) >= 11 is 0. The summed E-state index contributed by atoms with van der Waals surface area (Å²) in [6.07, 6.45) is 0.481. The number of hydrogen-bond acceptors (Lipinski definition) is 3. The lowest BCUT2D eigenvalue weighted by molar-refractivity contribution is 0.0910. The molecule has 0 aromatic heterocycles. The van der Waals surface area contributed by atoms with E-state index in [1.54, 1.807) is 6.92 Å². The van der Waals surface area contributed by atoms with Gasteiger partial charge in [0, 0.05) is 0 Å². The van der Waals surface area contributed by atoms with Crippen molar-refractivity contribution < 1.29 is 18.7 Å². The zero-order chi connectivity index (χ0) is 13.0. The van der Waals surface area contributed by atoms with Gasteiger partial charge in [-0.3, -0.25) is 4.79 Å². The molecule has 1 atom stereocenters. The minimum absolute atomic E-state index is 0.269. The number of benzene rings is 1. The highest BCUT2D eigenvalue weighted by Crippen LogP contribution is 2.17. The molecular weight excluding hydrogens is 230 g/mol. The molecule has 0 bridgehead atoms. The molecule has 6 heteroatoms. The fourth-order valence-electron chi connectivity index (χ4n) is 1.32. The summed E-state index contributed by atoms with van der Waals surface area (Å²) in [5, 5.41) is 11.3. The van der Waals surface area contributed by atoms with Crippen LogP contribution in [0.4, 0.5) is 14.5 Å². The maximum atomic E-state index is 13.5. The zero-order valence-corrected chi connectivity index (χ0v) is 9.34. The Labute approximate surface area is 97.4 Å². The zero-order valence-electron chi connectivity index (χ0n) is 9.34. The topological polar surface area (TPSA) is 75.3 Å². The van der Waals surface area contributed by atoms with E-state index in [0.29, 0.717) is 6.42 Å². The van der Waals surface area contributed by atoms with Gasteiger partial charge in [-0.15, -0.1) is 0 Å². The lowest BCUT2D eigenvalue weighted by Crippen LogP contribution is -2.37. The standard InChI is InChI=1S/C11H14F2N2O2/c1-2-7(5-16)15-11(17)8-3-6(12)4-9(14)10(8)13/h3-4,7,16H,2,5,14H2,1H3,(H,15,17)/t7-/m1/s1. The van der Waals surface area contributed by atoms with Crippen LogP contribution in [0.3, 0.4) is 0 Å². The van der Waals surface area contributed by atoms with Crippen LogP contribution in [0.15, 0.2) is 12.1 Å². The molecule has 0 unspecified atom stereocenters. The maximum Gasteiger partial charge on any atom is 0.254 e. The highest BCUT2D eigenvalue weighted by atomic mass is 19.1. The second-order valence-electron chi connectivity index (χ2n) is 3.62. The summed E-state index contributed by atoms with van der Waals surface area (Å²) in [7, 11) is 0. The van der Waals surface area contributed by atoms with Crippen LogP contribution < -0.4 is 11.1 Å². The van der Waals surface area contributed by atoms with Crippen LogP contribution in [-0.4, -0.2) is 23.7 Å². The van der Waals surface area contributed by atoms with Crippen molar-refractivity contribution in [3.05, 3.63) is 29.3 Å². The smallest absolute Gasteiger partial charge is 0.254 e. The Morgan fingerprint density at radius 3 is 2.71 bits per heavy atom. The first-order valence-electron chi connectivity index (χ1n) is 5.15. The van der Waals surface area contributed by atoms with Gasteiger partial charge in [0.2, 0.25) is 0 Å². The number of nitrogens with two attached hydrogens (primary N) is 1. The molecule has 1 aromatic carbocycles. The van der Waals surface area contributed by atoms with Crippen molar-refractivity contribution in [2.75, 3.05) is 12.3 Å². The van der Waals surface area contributed by atoms with Crippen molar-refractivity contribution in [1.82, 2.24) is 5.32 Å². The molecule has 4 nitrogen and oxygen atoms in total. The maximum absolute atomic E-state index is 13.5. The molecule has 0 aliphatic rings. The molecule has 0 saturated carbocycles. The van der Waals surface area contributed by atoms with Crippen molar-refractivity contribution in [3.8, 4) is 0 Å². The molecule has 1 rings (SSSR count). The van der Waals surface area contributed by atoms with Gasteiger partial charge in [-0.1, -0.05) is 6.92 Å². The molecule has 1 amide bonds. The molecule has 0 spiro atoms. The number of amides is 1. The van der Waals surface area contributed by atoms with Crippen LogP contribution in [0, 0.1) is 11.6 Å². The fraction of sp³-hybridized carbons (Fsp3) is 0.364. The Kier molecular flexibility index (Phi) is 4.39. The van der Waals surface area contributed by atoms with Crippen LogP contribution in [0.5, 0.6) is 0 Å². The largest absolute Gasteiger partial charge is 0.396 e. The quantitative estimate of drug-likeness (QED) is 0.693. The van der Waals surface area contributed by atoms with E-state index in [2.05, 4.69) is 5.32 Å². The number of anilines is 1. The van der Waals surface area contributed by atoms with E-state index in [4.69, 9.17) is 10.8 Å². The Bertz CT molecular complexity index is 420. The number of aliphatic hydroxyl groups is 1. The van der Waals surface area contributed by atoms with E-state index in [9.17, 15) is 13.6 Å². The molecule has 0 aliphatic carbocycles. The third-order valence-corrected chi connectivity index (χ3v) is 2.36. The highest BCUT2D eigenvalue weighted by Gasteiger charge is 2.18. The van der Waals surface area contributed by atoms with Gasteiger partial charge < -0.3 is 16.2 Å². The van der Waals surface area contributed by atoms with Crippen LogP contribution >= 0.6 is 0 Å². The van der Waals surface area contributed by atoms with E-state index in [1.807, 2.05) is 0 Å². The Morgan fingerprint density at radius 2 is 2.18 bits per heavy atom. The summed E-state index contributed by atoms with van der Waals surface area (Å²) in [6, 6.07) is 1.08. The summed E-state index contributed by atoms with van der Waals surface area (Å²) in [6.45, 7) is 1.48. The third-order valence-electron chi connectivity index (χ3n) is 2.36. The molecule has 0 aliphatic heterocycles. The van der Waals surface area contributed by atoms with Crippen molar-refractivity contribution in [1.29, 1.82) is 0 Å². The number of hydrogen-bond donors (Lipinski definition) is 3. The monoisotopic (exact) mass is 244 g/mol. The molecule has 17 heavy (non-hydrogen) atoms. The van der Waals surface area contributed by atoms with E-state index < -0.39 is 34.8 Å². The van der Waals surface area contributed by atoms with E-state index in [0.717, 1.165) is 12.1 Å². The second kappa shape index (κ2) is 5.58. The second-order valence-corrected chi connectivity index (χ2v) is 3.62. The predicted octanol–water partition coefficient (Wildman–Crippen LogP) is 1.05. The average Bonchev–Trinajstić information content (AvgIpc) is 2.30. The van der Waals surface area contributed by atoms with Crippen molar-refractivity contribution in [2.45, 2.75) is 19.4 Å². The number of halogens is 2. The summed E-state index contributed by atoms with van der Waals surface area (Å²) in [5.41, 5.74) is 4.32. The van der Waals surface area contributed by atoms with Gasteiger partial charge in [-0.05, 0) is 18.6 Å². The van der Waals surface area contributed by atoms with Gasteiger partial charge in [-0.25, -0.2) is 8.78 Å². The van der Waals surface area contributed by atoms with E-state index in [1.165, 1.54) is 0 Å². The first-order valence-corrected chi connectivity index (χ1v) is 5.15. The van der Waals surface area contributed by atoms with E-state index >= 15 is 0 Å². The molecular formula is C11H14F2N2O2. The molecule has 0 saturated heterocycles. The van der Waals surface area contributed by atoms with Crippen molar-refractivity contribution >= 4 is 11.6 Å². The molecule has 1 aromatic rings. The summed E-state index contributed by atoms with van der Waals surface area (Å²) in [4.78, 5) is 11.6. The SMILES string of the molecule is CC[C@H](CO)NC(=O)c1cc(F)cc(N)c1F. The Hall–Kier alpha value is -1.69. The highest BCUT2D eigenvalue weighted by molar-refractivity contribution is 5.95. The first-order chi connectivity index (χ1) is 7.99. The molecule has 0 fully saturated rings. The number of carbonyl (C=O) groups excluding carboxylic acids is 1. The number of aliphatic hydroxyl groups excluding tert-OH is 1. The normalized spacial score (nSPS) is 12.2. The summed E-state index contributed by atoms with van der Waals surface area (Å²) < 4.78 is 26.5. The third kappa shape index (κ3) is 3.13. The molecule has 94 valence electrons. The van der Waals surface area contributed by atoms with Crippen molar-refractivity contribution in [3.63, 3.8) is 0 Å². The first kappa shape index (κ1) is 13.4. The lowest BCUT2D eigenvalue weighted by atomic mass is 10.1. The van der Waals surface area contributed by atoms with Gasteiger partial charge in [0.15, 0.2) is 5.82 Å². The number of rotatable bonds is 4. The van der Waals surface area contributed by atoms with Gasteiger partial charge in [0.05, 0.1) is 23.9 Å². The molecule has 0 radical (unpaired) electrons. The van der Waals surface area contributed by atoms with Crippen molar-refractivity contribution in [2.24, 2.45) is 0 Å². The van der Waals surface area contributed by atoms with Gasteiger partial charge in [-0.2, -0.15) is 0 Å². The Morgan fingerprint density at radius 1 is 1.53 bits per heavy atom. The fourth-order valence-corrected chi connectivity index (χ4v) is 1.32. The number of carbonyl (C=O) groups is 1. The average molecular weight is 244 g/mol. The predicted molar refractivity (Wildman–Crippen MR) is 59.4 cm³/mol. The number of nitrogen functional groups attached to an aromatic ring is 1. The molecule has 4 N–H and O–H groups in total. The van der Waals surface area contributed by atoms with Crippen LogP contribution in [0.1, 0.15) is 23.7 Å². The van der Waals surface area contributed by atoms with Gasteiger partial charge in [0.1, 0.15) is 5.82 Å². The lowest BCUT2D eigenvalue weighted by Gasteiger charge is -2.14. The Balaban J connectivity index is 2.96. The van der Waals surface area contributed by atoms with Gasteiger partial charge in [0.25, 0.3) is 5.91 Å². The van der Waals surface area contributed by atoms with Crippen LogP contribution in [0.2, 0.25) is 0 Å². The van der Waals surface area contributed by atoms with Crippen LogP contribution in [0.25, 0.3) is 0 Å². The minimum atomic E-state index is -0.961. The van der Waals surface area contributed by atoms with E-state index in [-0.39, 0.29) is 6.61 Å². The number of nitrogens with one attached hydrogen (secondary N) is 1.